The third-order valence-corrected chi connectivity index (χ3v) is 1.95. The standard InChI is InChI=1S/C11H9NO3/c1-7-12-9(11(14)15-7)6-8-4-2-3-5-10(8)13/h2-6,12-13H,1H2. The van der Waals surface area contributed by atoms with Gasteiger partial charge >= 0.3 is 5.63 Å². The topological polar surface area (TPSA) is 66.2 Å². The minimum absolute atomic E-state index is 0.108. The molecule has 0 spiro atoms. The van der Waals surface area contributed by atoms with Gasteiger partial charge in [0.1, 0.15) is 11.1 Å². The molecule has 0 aliphatic carbocycles. The van der Waals surface area contributed by atoms with Crippen LogP contribution in [0.1, 0.15) is 5.56 Å². The van der Waals surface area contributed by atoms with Crippen molar-refractivity contribution in [3.63, 3.8) is 0 Å². The molecule has 1 heterocycles. The quantitative estimate of drug-likeness (QED) is 0.680. The van der Waals surface area contributed by atoms with Crippen LogP contribution in [0.15, 0.2) is 33.5 Å². The van der Waals surface area contributed by atoms with Crippen LogP contribution in [0.3, 0.4) is 0 Å². The van der Waals surface area contributed by atoms with E-state index in [2.05, 4.69) is 11.6 Å². The lowest BCUT2D eigenvalue weighted by molar-refractivity contribution is 0.474. The van der Waals surface area contributed by atoms with Crippen molar-refractivity contribution in [3.8, 4) is 5.75 Å². The fourth-order valence-electron chi connectivity index (χ4n) is 1.25. The highest BCUT2D eigenvalue weighted by Gasteiger charge is 1.98. The van der Waals surface area contributed by atoms with E-state index in [9.17, 15) is 9.90 Å². The molecular weight excluding hydrogens is 194 g/mol. The number of para-hydroxylation sites is 1. The molecule has 0 fully saturated rings. The molecule has 0 amide bonds. The Morgan fingerprint density at radius 2 is 2.13 bits per heavy atom. The van der Waals surface area contributed by atoms with Gasteiger partial charge in [0.05, 0.1) is 0 Å². The SMILES string of the molecule is C=c1[nH]c(=Cc2ccccc2O)c(=O)o1. The van der Waals surface area contributed by atoms with Crippen LogP contribution in [0.5, 0.6) is 5.75 Å². The van der Waals surface area contributed by atoms with Crippen molar-refractivity contribution in [2.24, 2.45) is 0 Å². The Labute approximate surface area is 84.8 Å². The second kappa shape index (κ2) is 3.49. The Kier molecular flexibility index (Phi) is 2.17. The van der Waals surface area contributed by atoms with E-state index in [1.54, 1.807) is 24.3 Å². The van der Waals surface area contributed by atoms with Crippen molar-refractivity contribution >= 4 is 12.7 Å². The van der Waals surface area contributed by atoms with E-state index in [1.165, 1.54) is 6.08 Å². The number of benzene rings is 1. The van der Waals surface area contributed by atoms with Gasteiger partial charge in [-0.1, -0.05) is 18.2 Å². The monoisotopic (exact) mass is 203 g/mol. The van der Waals surface area contributed by atoms with Crippen molar-refractivity contribution in [1.29, 1.82) is 0 Å². The molecule has 4 nitrogen and oxygen atoms in total. The van der Waals surface area contributed by atoms with Gasteiger partial charge < -0.3 is 14.5 Å². The molecular formula is C11H9NO3. The lowest BCUT2D eigenvalue weighted by atomic mass is 10.2. The molecule has 1 aromatic carbocycles. The van der Waals surface area contributed by atoms with Crippen LogP contribution in [-0.2, 0) is 0 Å². The van der Waals surface area contributed by atoms with Crippen molar-refractivity contribution in [2.45, 2.75) is 0 Å². The molecule has 0 saturated heterocycles. The van der Waals surface area contributed by atoms with Crippen molar-refractivity contribution in [2.75, 3.05) is 0 Å². The molecule has 0 bridgehead atoms. The summed E-state index contributed by atoms with van der Waals surface area (Å²) < 4.78 is 4.69. The summed E-state index contributed by atoms with van der Waals surface area (Å²) in [6.45, 7) is 3.46. The molecule has 0 atom stereocenters. The highest BCUT2D eigenvalue weighted by Crippen LogP contribution is 2.15. The van der Waals surface area contributed by atoms with E-state index < -0.39 is 5.63 Å². The van der Waals surface area contributed by atoms with Gasteiger partial charge in [0, 0.05) is 5.56 Å². The first-order valence-corrected chi connectivity index (χ1v) is 4.34. The van der Waals surface area contributed by atoms with Crippen molar-refractivity contribution in [3.05, 3.63) is 51.1 Å². The maximum atomic E-state index is 11.2. The lowest BCUT2D eigenvalue weighted by Gasteiger charge is -1.94. The lowest BCUT2D eigenvalue weighted by Crippen LogP contribution is -2.21. The number of hydrogen-bond donors (Lipinski definition) is 2. The van der Waals surface area contributed by atoms with Gasteiger partial charge in [-0.25, -0.2) is 4.79 Å². The summed E-state index contributed by atoms with van der Waals surface area (Å²) >= 11 is 0. The number of aromatic nitrogens is 1. The van der Waals surface area contributed by atoms with E-state index in [4.69, 9.17) is 4.42 Å². The average molecular weight is 203 g/mol. The zero-order chi connectivity index (χ0) is 10.8. The molecule has 15 heavy (non-hydrogen) atoms. The largest absolute Gasteiger partial charge is 0.507 e. The smallest absolute Gasteiger partial charge is 0.361 e. The Morgan fingerprint density at radius 1 is 1.40 bits per heavy atom. The van der Waals surface area contributed by atoms with Gasteiger partial charge in [-0.2, -0.15) is 0 Å². The van der Waals surface area contributed by atoms with Crippen molar-refractivity contribution < 1.29 is 9.52 Å². The normalized spacial score (nSPS) is 11.9. The highest BCUT2D eigenvalue weighted by atomic mass is 16.4. The Balaban J connectivity index is 2.66. The maximum absolute atomic E-state index is 11.2. The Hall–Kier alpha value is -2.23. The summed E-state index contributed by atoms with van der Waals surface area (Å²) in [5.74, 6) is 0.108. The molecule has 2 aromatic rings. The number of hydrogen-bond acceptors (Lipinski definition) is 3. The summed E-state index contributed by atoms with van der Waals surface area (Å²) in [7, 11) is 0. The number of oxazole rings is 1. The van der Waals surface area contributed by atoms with Gasteiger partial charge in [-0.3, -0.25) is 0 Å². The summed E-state index contributed by atoms with van der Waals surface area (Å²) in [5.41, 5.74) is 0.247. The minimum Gasteiger partial charge on any atom is -0.507 e. The Bertz CT molecular complexity index is 636. The van der Waals surface area contributed by atoms with Crippen LogP contribution in [-0.4, -0.2) is 10.1 Å². The zero-order valence-corrected chi connectivity index (χ0v) is 7.86. The second-order valence-electron chi connectivity index (χ2n) is 3.05. The molecule has 2 N–H and O–H groups in total. The van der Waals surface area contributed by atoms with Crippen LogP contribution >= 0.6 is 0 Å². The number of aromatic amines is 1. The van der Waals surface area contributed by atoms with Gasteiger partial charge in [-0.05, 0) is 18.7 Å². The van der Waals surface area contributed by atoms with E-state index >= 15 is 0 Å². The molecule has 0 radical (unpaired) electrons. The molecule has 1 aromatic heterocycles. The van der Waals surface area contributed by atoms with Gasteiger partial charge in [0.25, 0.3) is 0 Å². The van der Waals surface area contributed by atoms with Crippen LogP contribution in [0, 0.1) is 0 Å². The average Bonchev–Trinajstić information content (AvgIpc) is 2.49. The van der Waals surface area contributed by atoms with Crippen molar-refractivity contribution in [1.82, 2.24) is 4.98 Å². The van der Waals surface area contributed by atoms with Crippen LogP contribution in [0.25, 0.3) is 12.7 Å². The van der Waals surface area contributed by atoms with E-state index in [0.29, 0.717) is 5.56 Å². The first kappa shape index (κ1) is 9.33. The molecule has 0 saturated carbocycles. The number of rotatable bonds is 1. The number of phenolic OH excluding ortho intramolecular Hbond substituents is 1. The summed E-state index contributed by atoms with van der Waals surface area (Å²) in [6, 6.07) is 6.71. The summed E-state index contributed by atoms with van der Waals surface area (Å²) in [6.07, 6.45) is 1.51. The predicted octanol–water partition coefficient (Wildman–Crippen LogP) is -0.0874. The summed E-state index contributed by atoms with van der Waals surface area (Å²) in [5, 5.41) is 9.74. The first-order valence-electron chi connectivity index (χ1n) is 4.34. The molecule has 0 aliphatic heterocycles. The van der Waals surface area contributed by atoms with Gasteiger partial charge in [0.15, 0.2) is 5.55 Å². The number of phenols is 1. The van der Waals surface area contributed by atoms with Crippen LogP contribution in [0.2, 0.25) is 0 Å². The van der Waals surface area contributed by atoms with E-state index in [-0.39, 0.29) is 16.6 Å². The summed E-state index contributed by atoms with van der Waals surface area (Å²) in [4.78, 5) is 13.9. The predicted molar refractivity (Wildman–Crippen MR) is 55.8 cm³/mol. The number of H-pyrrole nitrogens is 1. The van der Waals surface area contributed by atoms with Gasteiger partial charge in [0.2, 0.25) is 0 Å². The number of aromatic hydroxyl groups is 1. The molecule has 2 rings (SSSR count). The van der Waals surface area contributed by atoms with Gasteiger partial charge in [-0.15, -0.1) is 0 Å². The maximum Gasteiger partial charge on any atom is 0.361 e. The second-order valence-corrected chi connectivity index (χ2v) is 3.05. The molecule has 4 heteroatoms. The zero-order valence-electron chi connectivity index (χ0n) is 7.86. The van der Waals surface area contributed by atoms with Crippen LogP contribution < -0.4 is 16.5 Å². The minimum atomic E-state index is -0.497. The highest BCUT2D eigenvalue weighted by molar-refractivity contribution is 5.55. The van der Waals surface area contributed by atoms with E-state index in [0.717, 1.165) is 0 Å². The number of nitrogens with one attached hydrogen (secondary N) is 1. The fourth-order valence-corrected chi connectivity index (χ4v) is 1.25. The molecule has 0 unspecified atom stereocenters. The fraction of sp³-hybridized carbons (Fsp3) is 0. The molecule has 76 valence electrons. The molecule has 0 aliphatic rings. The van der Waals surface area contributed by atoms with E-state index in [1.807, 2.05) is 0 Å². The third kappa shape index (κ3) is 1.83. The van der Waals surface area contributed by atoms with Crippen LogP contribution in [0.4, 0.5) is 0 Å². The first-order chi connectivity index (χ1) is 7.16. The third-order valence-electron chi connectivity index (χ3n) is 1.95. The Morgan fingerprint density at radius 3 is 2.73 bits per heavy atom.